The summed E-state index contributed by atoms with van der Waals surface area (Å²) < 4.78 is 9.73. The van der Waals surface area contributed by atoms with Gasteiger partial charge in [0.25, 0.3) is 6.47 Å². The smallest absolute Gasteiger partial charge is 0.410 e. The maximum Gasteiger partial charge on any atom is 0.410 e. The Balaban J connectivity index is 0.000000817. The van der Waals surface area contributed by atoms with Gasteiger partial charge in [-0.15, -0.1) is 0 Å². The molecule has 27 heavy (non-hydrogen) atoms. The number of piperidine rings is 1. The van der Waals surface area contributed by atoms with Gasteiger partial charge in [-0.1, -0.05) is 5.16 Å². The molecule has 2 fully saturated rings. The third kappa shape index (κ3) is 6.49. The molecular formula is C15H23N5O7. The first-order chi connectivity index (χ1) is 12.9. The Morgan fingerprint density at radius 3 is 2.78 bits per heavy atom. The SMILES string of the molecule is Cc1nc(CN2C[C@H](O)C[C@H](NC(=O)CN3CCOC3=O)C2)no1.O=CO. The van der Waals surface area contributed by atoms with Gasteiger partial charge in [0, 0.05) is 26.1 Å². The van der Waals surface area contributed by atoms with E-state index in [0.29, 0.717) is 50.9 Å². The summed E-state index contributed by atoms with van der Waals surface area (Å²) in [6, 6.07) is -0.201. The monoisotopic (exact) mass is 385 g/mol. The van der Waals surface area contributed by atoms with Crippen LogP contribution in [0.3, 0.4) is 0 Å². The zero-order valence-corrected chi connectivity index (χ0v) is 14.9. The van der Waals surface area contributed by atoms with Crippen LogP contribution in [-0.2, 0) is 20.9 Å². The number of rotatable bonds is 5. The minimum absolute atomic E-state index is 0.0323. The van der Waals surface area contributed by atoms with Gasteiger partial charge < -0.3 is 24.8 Å². The highest BCUT2D eigenvalue weighted by Gasteiger charge is 2.30. The number of aliphatic hydroxyl groups excluding tert-OH is 1. The Morgan fingerprint density at radius 1 is 1.44 bits per heavy atom. The van der Waals surface area contributed by atoms with E-state index < -0.39 is 12.2 Å². The fourth-order valence-electron chi connectivity index (χ4n) is 3.02. The number of carbonyl (C=O) groups is 3. The second-order valence-electron chi connectivity index (χ2n) is 6.22. The molecule has 12 heteroatoms. The maximum absolute atomic E-state index is 12.1. The number of nitrogens with zero attached hydrogens (tertiary/aromatic N) is 4. The Morgan fingerprint density at radius 2 is 2.19 bits per heavy atom. The molecule has 0 bridgehead atoms. The average Bonchev–Trinajstić information content (AvgIpc) is 3.16. The molecule has 2 aliphatic heterocycles. The summed E-state index contributed by atoms with van der Waals surface area (Å²) in [5, 5.41) is 23.6. The third-order valence-electron chi connectivity index (χ3n) is 3.98. The van der Waals surface area contributed by atoms with Crippen molar-refractivity contribution in [3.05, 3.63) is 11.7 Å². The number of nitrogens with one attached hydrogen (secondary N) is 1. The third-order valence-corrected chi connectivity index (χ3v) is 3.98. The summed E-state index contributed by atoms with van der Waals surface area (Å²) in [5.41, 5.74) is 0. The van der Waals surface area contributed by atoms with Crippen molar-refractivity contribution in [3.8, 4) is 0 Å². The van der Waals surface area contributed by atoms with Crippen molar-refractivity contribution in [1.82, 2.24) is 25.3 Å². The number of hydrogen-bond acceptors (Lipinski definition) is 9. The first-order valence-electron chi connectivity index (χ1n) is 8.39. The number of ether oxygens (including phenoxy) is 1. The van der Waals surface area contributed by atoms with Gasteiger partial charge in [0.15, 0.2) is 5.82 Å². The Hall–Kier alpha value is -2.73. The molecule has 2 aliphatic rings. The van der Waals surface area contributed by atoms with E-state index in [-0.39, 0.29) is 25.0 Å². The summed E-state index contributed by atoms with van der Waals surface area (Å²) in [4.78, 5) is 39.3. The number of amides is 2. The van der Waals surface area contributed by atoms with Crippen LogP contribution < -0.4 is 5.32 Å². The lowest BCUT2D eigenvalue weighted by atomic mass is 10.0. The molecule has 0 spiro atoms. The van der Waals surface area contributed by atoms with E-state index in [4.69, 9.17) is 19.2 Å². The predicted molar refractivity (Wildman–Crippen MR) is 88.5 cm³/mol. The van der Waals surface area contributed by atoms with E-state index in [9.17, 15) is 14.7 Å². The van der Waals surface area contributed by atoms with Gasteiger partial charge in [-0.25, -0.2) is 4.79 Å². The Labute approximate surface area is 155 Å². The standard InChI is InChI=1S/C14H21N5O5.CH2O2/c1-9-15-12(17-24-9)7-18-5-10(4-11(20)6-18)16-13(21)8-19-2-3-23-14(19)22;2-1-3/h10-11,20H,2-8H2,1H3,(H,16,21);1H,(H,2,3)/t10-,11+;/m0./s1. The summed E-state index contributed by atoms with van der Waals surface area (Å²) in [5.74, 6) is 0.778. The van der Waals surface area contributed by atoms with E-state index in [1.165, 1.54) is 4.90 Å². The lowest BCUT2D eigenvalue weighted by molar-refractivity contribution is -0.123. The van der Waals surface area contributed by atoms with Crippen LogP contribution in [0.15, 0.2) is 4.52 Å². The zero-order valence-electron chi connectivity index (χ0n) is 14.9. The highest BCUT2D eigenvalue weighted by atomic mass is 16.6. The highest BCUT2D eigenvalue weighted by molar-refractivity contribution is 5.83. The van der Waals surface area contributed by atoms with Crippen LogP contribution in [0.4, 0.5) is 4.79 Å². The van der Waals surface area contributed by atoms with Crippen molar-refractivity contribution in [2.75, 3.05) is 32.8 Å². The van der Waals surface area contributed by atoms with Crippen LogP contribution in [0, 0.1) is 6.92 Å². The van der Waals surface area contributed by atoms with E-state index in [2.05, 4.69) is 15.5 Å². The summed E-state index contributed by atoms with van der Waals surface area (Å²) in [7, 11) is 0. The molecule has 0 aliphatic carbocycles. The number of aryl methyl sites for hydroxylation is 1. The molecule has 3 N–H and O–H groups in total. The lowest BCUT2D eigenvalue weighted by Crippen LogP contribution is -2.53. The van der Waals surface area contributed by atoms with Crippen LogP contribution >= 0.6 is 0 Å². The van der Waals surface area contributed by atoms with Crippen molar-refractivity contribution in [2.24, 2.45) is 0 Å². The molecule has 2 amide bonds. The van der Waals surface area contributed by atoms with Crippen LogP contribution in [0.1, 0.15) is 18.1 Å². The molecule has 0 unspecified atom stereocenters. The predicted octanol–water partition coefficient (Wildman–Crippen LogP) is -1.42. The molecule has 3 rings (SSSR count). The van der Waals surface area contributed by atoms with Gasteiger partial charge >= 0.3 is 6.09 Å². The molecule has 150 valence electrons. The fourth-order valence-corrected chi connectivity index (χ4v) is 3.02. The second kappa shape index (κ2) is 9.83. The fraction of sp³-hybridized carbons (Fsp3) is 0.667. The Bertz CT molecular complexity index is 652. The van der Waals surface area contributed by atoms with Crippen LogP contribution in [0.25, 0.3) is 0 Å². The number of carboxylic acid groups (broad SMARTS) is 1. The van der Waals surface area contributed by atoms with E-state index in [1.807, 2.05) is 4.90 Å². The number of aliphatic hydroxyl groups is 1. The van der Waals surface area contributed by atoms with Crippen molar-refractivity contribution >= 4 is 18.5 Å². The summed E-state index contributed by atoms with van der Waals surface area (Å²) in [6.07, 6.45) is -0.547. The second-order valence-corrected chi connectivity index (χ2v) is 6.22. The molecule has 1 aromatic heterocycles. The number of cyclic esters (lactones) is 1. The first-order valence-corrected chi connectivity index (χ1v) is 8.39. The normalized spacial score (nSPS) is 22.6. The van der Waals surface area contributed by atoms with E-state index >= 15 is 0 Å². The van der Waals surface area contributed by atoms with Crippen LogP contribution in [0.2, 0.25) is 0 Å². The molecule has 2 saturated heterocycles. The number of hydrogen-bond donors (Lipinski definition) is 3. The quantitative estimate of drug-likeness (QED) is 0.514. The molecule has 1 aromatic rings. The topological polar surface area (TPSA) is 158 Å². The number of aromatic nitrogens is 2. The average molecular weight is 385 g/mol. The number of β-amino-alcohol motifs (C(OH)–C–C–N with tert-alkyl or cyclic N) is 1. The van der Waals surface area contributed by atoms with Gasteiger partial charge in [0.05, 0.1) is 19.2 Å². The van der Waals surface area contributed by atoms with Gasteiger partial charge in [-0.2, -0.15) is 4.98 Å². The van der Waals surface area contributed by atoms with Gasteiger partial charge in [-0.05, 0) is 6.42 Å². The molecule has 0 aromatic carbocycles. The van der Waals surface area contributed by atoms with Crippen LogP contribution in [0.5, 0.6) is 0 Å². The van der Waals surface area contributed by atoms with E-state index in [1.54, 1.807) is 6.92 Å². The van der Waals surface area contributed by atoms with Crippen molar-refractivity contribution in [2.45, 2.75) is 32.0 Å². The van der Waals surface area contributed by atoms with Crippen molar-refractivity contribution in [1.29, 1.82) is 0 Å². The lowest BCUT2D eigenvalue weighted by Gasteiger charge is -2.35. The largest absolute Gasteiger partial charge is 0.483 e. The van der Waals surface area contributed by atoms with E-state index in [0.717, 1.165) is 0 Å². The first kappa shape index (κ1) is 20.6. The van der Waals surface area contributed by atoms with Gasteiger partial charge in [0.2, 0.25) is 11.8 Å². The van der Waals surface area contributed by atoms with Crippen molar-refractivity contribution < 1.29 is 33.9 Å². The number of likely N-dealkylation sites (tertiary alicyclic amines) is 1. The zero-order chi connectivity index (χ0) is 19.8. The van der Waals surface area contributed by atoms with Gasteiger partial charge in [-0.3, -0.25) is 19.4 Å². The molecule has 12 nitrogen and oxygen atoms in total. The minimum atomic E-state index is -0.547. The molecule has 2 atom stereocenters. The molecule has 0 saturated carbocycles. The summed E-state index contributed by atoms with van der Waals surface area (Å²) >= 11 is 0. The maximum atomic E-state index is 12.1. The number of carbonyl (C=O) groups excluding carboxylic acids is 2. The molecule has 3 heterocycles. The molecular weight excluding hydrogens is 362 g/mol. The minimum Gasteiger partial charge on any atom is -0.483 e. The van der Waals surface area contributed by atoms with Gasteiger partial charge in [0.1, 0.15) is 13.2 Å². The van der Waals surface area contributed by atoms with Crippen LogP contribution in [-0.4, -0.2) is 93.6 Å². The van der Waals surface area contributed by atoms with Crippen molar-refractivity contribution in [3.63, 3.8) is 0 Å². The summed E-state index contributed by atoms with van der Waals surface area (Å²) in [6.45, 7) is 3.66. The molecule has 0 radical (unpaired) electrons. The Kier molecular flexibility index (Phi) is 7.49. The highest BCUT2D eigenvalue weighted by Crippen LogP contribution is 2.13.